The highest BCUT2D eigenvalue weighted by Crippen LogP contribution is 2.40. The molecule has 1 aromatic rings. The van der Waals surface area contributed by atoms with Gasteiger partial charge >= 0.3 is 0 Å². The SMILES string of the molecule is CC1(C)C(O)CC1NC(=O)c1ccn[nH]1. The predicted molar refractivity (Wildman–Crippen MR) is 54.2 cm³/mol. The zero-order valence-electron chi connectivity index (χ0n) is 8.82. The van der Waals surface area contributed by atoms with Crippen LogP contribution in [-0.2, 0) is 0 Å². The van der Waals surface area contributed by atoms with E-state index in [1.807, 2.05) is 13.8 Å². The number of aromatic nitrogens is 2. The zero-order valence-corrected chi connectivity index (χ0v) is 8.82. The maximum Gasteiger partial charge on any atom is 0.269 e. The van der Waals surface area contributed by atoms with Gasteiger partial charge in [0.2, 0.25) is 0 Å². The molecule has 2 atom stereocenters. The van der Waals surface area contributed by atoms with Crippen LogP contribution in [0.5, 0.6) is 0 Å². The topological polar surface area (TPSA) is 78.0 Å². The molecule has 1 aromatic heterocycles. The summed E-state index contributed by atoms with van der Waals surface area (Å²) in [5.74, 6) is -0.169. The number of nitrogens with zero attached hydrogens (tertiary/aromatic N) is 1. The van der Waals surface area contributed by atoms with Crippen molar-refractivity contribution in [1.29, 1.82) is 0 Å². The quantitative estimate of drug-likeness (QED) is 0.655. The van der Waals surface area contributed by atoms with Crippen molar-refractivity contribution in [2.75, 3.05) is 0 Å². The Bertz CT molecular complexity index is 359. The third-order valence-electron chi connectivity index (χ3n) is 3.27. The Kier molecular flexibility index (Phi) is 2.26. The van der Waals surface area contributed by atoms with Gasteiger partial charge in [-0.25, -0.2) is 0 Å². The van der Waals surface area contributed by atoms with E-state index < -0.39 is 0 Å². The molecule has 15 heavy (non-hydrogen) atoms. The maximum absolute atomic E-state index is 11.6. The fourth-order valence-corrected chi connectivity index (χ4v) is 1.77. The second kappa shape index (κ2) is 3.34. The summed E-state index contributed by atoms with van der Waals surface area (Å²) >= 11 is 0. The molecular weight excluding hydrogens is 194 g/mol. The first-order valence-electron chi connectivity index (χ1n) is 5.00. The number of carbonyl (C=O) groups excluding carboxylic acids is 1. The number of nitrogens with one attached hydrogen (secondary N) is 2. The minimum atomic E-state index is -0.329. The Morgan fingerprint density at radius 3 is 2.93 bits per heavy atom. The van der Waals surface area contributed by atoms with Crippen LogP contribution < -0.4 is 5.32 Å². The third-order valence-corrected chi connectivity index (χ3v) is 3.27. The van der Waals surface area contributed by atoms with Crippen LogP contribution in [0.3, 0.4) is 0 Å². The third kappa shape index (κ3) is 1.63. The van der Waals surface area contributed by atoms with Crippen molar-refractivity contribution in [1.82, 2.24) is 15.5 Å². The van der Waals surface area contributed by atoms with E-state index in [0.717, 1.165) is 0 Å². The molecule has 0 saturated heterocycles. The molecule has 1 amide bonds. The number of carbonyl (C=O) groups is 1. The normalized spacial score (nSPS) is 28.2. The van der Waals surface area contributed by atoms with Crippen molar-refractivity contribution < 1.29 is 9.90 Å². The second-order valence-corrected chi connectivity index (χ2v) is 4.57. The van der Waals surface area contributed by atoms with Crippen molar-refractivity contribution in [3.8, 4) is 0 Å². The molecule has 5 heteroatoms. The van der Waals surface area contributed by atoms with E-state index in [9.17, 15) is 9.90 Å². The van der Waals surface area contributed by atoms with Crippen LogP contribution in [0.15, 0.2) is 12.3 Å². The number of amides is 1. The average molecular weight is 209 g/mol. The fourth-order valence-electron chi connectivity index (χ4n) is 1.77. The highest BCUT2D eigenvalue weighted by atomic mass is 16.3. The molecule has 3 N–H and O–H groups in total. The van der Waals surface area contributed by atoms with Gasteiger partial charge in [0.1, 0.15) is 5.69 Å². The van der Waals surface area contributed by atoms with Gasteiger partial charge in [-0.15, -0.1) is 0 Å². The lowest BCUT2D eigenvalue weighted by molar-refractivity contribution is -0.0690. The molecule has 2 rings (SSSR count). The summed E-state index contributed by atoms with van der Waals surface area (Å²) in [6.45, 7) is 3.89. The van der Waals surface area contributed by atoms with E-state index >= 15 is 0 Å². The summed E-state index contributed by atoms with van der Waals surface area (Å²) in [5.41, 5.74) is 0.211. The lowest BCUT2D eigenvalue weighted by Gasteiger charge is -2.49. The number of aliphatic hydroxyl groups excluding tert-OH is 1. The van der Waals surface area contributed by atoms with Crippen molar-refractivity contribution >= 4 is 5.91 Å². The molecule has 2 unspecified atom stereocenters. The lowest BCUT2D eigenvalue weighted by Crippen LogP contribution is -2.61. The van der Waals surface area contributed by atoms with Crippen molar-refractivity contribution in [3.63, 3.8) is 0 Å². The minimum absolute atomic E-state index is 0.0308. The number of rotatable bonds is 2. The number of hydrogen-bond acceptors (Lipinski definition) is 3. The summed E-state index contributed by atoms with van der Waals surface area (Å²) in [6, 6.07) is 1.65. The summed E-state index contributed by atoms with van der Waals surface area (Å²) in [7, 11) is 0. The molecule has 0 spiro atoms. The van der Waals surface area contributed by atoms with E-state index in [0.29, 0.717) is 12.1 Å². The predicted octanol–water partition coefficient (Wildman–Crippen LogP) is 0.299. The molecule has 1 aliphatic rings. The van der Waals surface area contributed by atoms with Crippen molar-refractivity contribution in [2.45, 2.75) is 32.4 Å². The maximum atomic E-state index is 11.6. The molecule has 1 saturated carbocycles. The molecular formula is C10H15N3O2. The van der Waals surface area contributed by atoms with E-state index in [4.69, 9.17) is 0 Å². The van der Waals surface area contributed by atoms with Gasteiger partial charge in [0.25, 0.3) is 5.91 Å². The Labute approximate surface area is 87.9 Å². The smallest absolute Gasteiger partial charge is 0.269 e. The van der Waals surface area contributed by atoms with E-state index in [2.05, 4.69) is 15.5 Å². The highest BCUT2D eigenvalue weighted by Gasteiger charge is 2.48. The van der Waals surface area contributed by atoms with Gasteiger partial charge in [0.15, 0.2) is 0 Å². The van der Waals surface area contributed by atoms with Crippen LogP contribution in [0.1, 0.15) is 30.8 Å². The Hall–Kier alpha value is -1.36. The molecule has 1 fully saturated rings. The molecule has 0 aromatic carbocycles. The second-order valence-electron chi connectivity index (χ2n) is 4.57. The monoisotopic (exact) mass is 209 g/mol. The summed E-state index contributed by atoms with van der Waals surface area (Å²) in [5, 5.41) is 18.7. The number of aliphatic hydroxyl groups is 1. The molecule has 1 heterocycles. The summed E-state index contributed by atoms with van der Waals surface area (Å²) in [6.07, 6.45) is 1.83. The van der Waals surface area contributed by atoms with Gasteiger partial charge in [-0.05, 0) is 12.5 Å². The van der Waals surface area contributed by atoms with E-state index in [-0.39, 0.29) is 23.5 Å². The van der Waals surface area contributed by atoms with Gasteiger partial charge in [-0.1, -0.05) is 13.8 Å². The molecule has 0 bridgehead atoms. The number of H-pyrrole nitrogens is 1. The Morgan fingerprint density at radius 1 is 1.73 bits per heavy atom. The fraction of sp³-hybridized carbons (Fsp3) is 0.600. The zero-order chi connectivity index (χ0) is 11.1. The van der Waals surface area contributed by atoms with Gasteiger partial charge in [-0.3, -0.25) is 9.89 Å². The van der Waals surface area contributed by atoms with Crippen LogP contribution in [0.4, 0.5) is 0 Å². The molecule has 1 aliphatic carbocycles. The highest BCUT2D eigenvalue weighted by molar-refractivity contribution is 5.92. The molecule has 82 valence electrons. The summed E-state index contributed by atoms with van der Waals surface area (Å²) < 4.78 is 0. The van der Waals surface area contributed by atoms with Crippen molar-refractivity contribution in [3.05, 3.63) is 18.0 Å². The van der Waals surface area contributed by atoms with Crippen LogP contribution in [0, 0.1) is 5.41 Å². The largest absolute Gasteiger partial charge is 0.392 e. The first-order chi connectivity index (χ1) is 7.01. The van der Waals surface area contributed by atoms with Crippen LogP contribution in [-0.4, -0.2) is 33.4 Å². The summed E-state index contributed by atoms with van der Waals surface area (Å²) in [4.78, 5) is 11.6. The van der Waals surface area contributed by atoms with Gasteiger partial charge in [0.05, 0.1) is 6.10 Å². The molecule has 5 nitrogen and oxygen atoms in total. The molecule has 0 radical (unpaired) electrons. The Balaban J connectivity index is 1.97. The minimum Gasteiger partial charge on any atom is -0.392 e. The number of aromatic amines is 1. The van der Waals surface area contributed by atoms with Crippen molar-refractivity contribution in [2.24, 2.45) is 5.41 Å². The Morgan fingerprint density at radius 2 is 2.47 bits per heavy atom. The van der Waals surface area contributed by atoms with Crippen LogP contribution in [0.2, 0.25) is 0 Å². The standard InChI is InChI=1S/C10H15N3O2/c1-10(2)7(5-8(10)14)12-9(15)6-3-4-11-13-6/h3-4,7-8,14H,5H2,1-2H3,(H,11,13)(H,12,15). The van der Waals surface area contributed by atoms with E-state index in [1.54, 1.807) is 6.07 Å². The van der Waals surface area contributed by atoms with Gasteiger partial charge in [0, 0.05) is 17.7 Å². The average Bonchev–Trinajstić information content (AvgIpc) is 2.70. The van der Waals surface area contributed by atoms with Crippen LogP contribution in [0.25, 0.3) is 0 Å². The molecule has 0 aliphatic heterocycles. The van der Waals surface area contributed by atoms with E-state index in [1.165, 1.54) is 6.20 Å². The first kappa shape index (κ1) is 10.2. The first-order valence-corrected chi connectivity index (χ1v) is 5.00. The lowest BCUT2D eigenvalue weighted by atomic mass is 9.64. The van der Waals surface area contributed by atoms with Crippen LogP contribution >= 0.6 is 0 Å². The number of hydrogen-bond donors (Lipinski definition) is 3. The van der Waals surface area contributed by atoms with Gasteiger partial charge < -0.3 is 10.4 Å². The van der Waals surface area contributed by atoms with Gasteiger partial charge in [-0.2, -0.15) is 5.10 Å².